The van der Waals surface area contributed by atoms with E-state index in [9.17, 15) is 5.11 Å². The van der Waals surface area contributed by atoms with Gasteiger partial charge in [-0.1, -0.05) is 6.07 Å². The Bertz CT molecular complexity index is 525. The van der Waals surface area contributed by atoms with Gasteiger partial charge in [-0.25, -0.2) is 0 Å². The first-order chi connectivity index (χ1) is 8.33. The molecule has 0 saturated heterocycles. The highest BCUT2D eigenvalue weighted by Gasteiger charge is 2.22. The van der Waals surface area contributed by atoms with Gasteiger partial charge in [0.2, 0.25) is 0 Å². The van der Waals surface area contributed by atoms with Crippen LogP contribution in [0.3, 0.4) is 0 Å². The van der Waals surface area contributed by atoms with Gasteiger partial charge in [-0.3, -0.25) is 4.98 Å². The standard InChI is InChI=1S/C14H13NO2/c16-11-5-7-13-10(9-11)4-6-14(17-13)12-3-1-2-8-15-12/h1-3,5,7-9,14,16H,4,6H2. The molecular weight excluding hydrogens is 214 g/mol. The summed E-state index contributed by atoms with van der Waals surface area (Å²) in [6.07, 6.45) is 3.61. The highest BCUT2D eigenvalue weighted by atomic mass is 16.5. The summed E-state index contributed by atoms with van der Waals surface area (Å²) in [5.74, 6) is 1.15. The number of hydrogen-bond donors (Lipinski definition) is 1. The van der Waals surface area contributed by atoms with Crippen LogP contribution in [0.25, 0.3) is 0 Å². The Balaban J connectivity index is 1.88. The van der Waals surface area contributed by atoms with Crippen LogP contribution in [0.2, 0.25) is 0 Å². The van der Waals surface area contributed by atoms with Crippen LogP contribution in [-0.2, 0) is 6.42 Å². The molecule has 1 N–H and O–H groups in total. The van der Waals surface area contributed by atoms with Gasteiger partial charge in [-0.2, -0.15) is 0 Å². The Kier molecular flexibility index (Phi) is 2.44. The van der Waals surface area contributed by atoms with Crippen LogP contribution in [-0.4, -0.2) is 10.1 Å². The topological polar surface area (TPSA) is 42.4 Å². The Morgan fingerprint density at radius 1 is 1.24 bits per heavy atom. The number of rotatable bonds is 1. The number of nitrogens with zero attached hydrogens (tertiary/aromatic N) is 1. The summed E-state index contributed by atoms with van der Waals surface area (Å²) in [6, 6.07) is 11.1. The maximum absolute atomic E-state index is 9.40. The van der Waals surface area contributed by atoms with E-state index in [2.05, 4.69) is 4.98 Å². The number of fused-ring (bicyclic) bond motifs is 1. The van der Waals surface area contributed by atoms with Crippen molar-refractivity contribution in [3.63, 3.8) is 0 Å². The number of aromatic hydroxyl groups is 1. The van der Waals surface area contributed by atoms with Crippen molar-refractivity contribution in [3.8, 4) is 11.5 Å². The highest BCUT2D eigenvalue weighted by Crippen LogP contribution is 2.35. The monoisotopic (exact) mass is 227 g/mol. The van der Waals surface area contributed by atoms with Crippen molar-refractivity contribution in [1.82, 2.24) is 4.98 Å². The van der Waals surface area contributed by atoms with Crippen molar-refractivity contribution in [2.45, 2.75) is 18.9 Å². The van der Waals surface area contributed by atoms with E-state index in [1.54, 1.807) is 18.3 Å². The number of hydrogen-bond acceptors (Lipinski definition) is 3. The van der Waals surface area contributed by atoms with Crippen molar-refractivity contribution in [3.05, 3.63) is 53.9 Å². The summed E-state index contributed by atoms with van der Waals surface area (Å²) in [6.45, 7) is 0. The first kappa shape index (κ1) is 10.1. The smallest absolute Gasteiger partial charge is 0.141 e. The van der Waals surface area contributed by atoms with E-state index >= 15 is 0 Å². The molecular formula is C14H13NO2. The molecule has 2 heterocycles. The minimum Gasteiger partial charge on any atom is -0.508 e. The van der Waals surface area contributed by atoms with Gasteiger partial charge in [-0.05, 0) is 48.7 Å². The third-order valence-electron chi connectivity index (χ3n) is 3.01. The van der Waals surface area contributed by atoms with E-state index in [4.69, 9.17) is 4.74 Å². The Morgan fingerprint density at radius 3 is 3.00 bits per heavy atom. The molecule has 2 aromatic rings. The lowest BCUT2D eigenvalue weighted by Gasteiger charge is -2.25. The Hall–Kier alpha value is -2.03. The third-order valence-corrected chi connectivity index (χ3v) is 3.01. The van der Waals surface area contributed by atoms with Gasteiger partial charge < -0.3 is 9.84 Å². The Morgan fingerprint density at radius 2 is 2.18 bits per heavy atom. The second kappa shape index (κ2) is 4.09. The zero-order valence-electron chi connectivity index (χ0n) is 9.34. The molecule has 0 spiro atoms. The summed E-state index contributed by atoms with van der Waals surface area (Å²) in [7, 11) is 0. The lowest BCUT2D eigenvalue weighted by Crippen LogP contribution is -2.15. The normalized spacial score (nSPS) is 18.2. The average molecular weight is 227 g/mol. The van der Waals surface area contributed by atoms with Crippen LogP contribution in [0.4, 0.5) is 0 Å². The molecule has 1 aromatic carbocycles. The maximum atomic E-state index is 9.40. The van der Waals surface area contributed by atoms with Gasteiger partial charge in [0.25, 0.3) is 0 Å². The van der Waals surface area contributed by atoms with Crippen molar-refractivity contribution in [1.29, 1.82) is 0 Å². The van der Waals surface area contributed by atoms with Crippen LogP contribution in [0.5, 0.6) is 11.5 Å². The van der Waals surface area contributed by atoms with Crippen molar-refractivity contribution in [2.75, 3.05) is 0 Å². The molecule has 3 heteroatoms. The molecule has 0 saturated carbocycles. The average Bonchev–Trinajstić information content (AvgIpc) is 2.39. The molecule has 3 rings (SSSR count). The second-order valence-corrected chi connectivity index (χ2v) is 4.19. The quantitative estimate of drug-likeness (QED) is 0.814. The van der Waals surface area contributed by atoms with Gasteiger partial charge >= 0.3 is 0 Å². The molecule has 0 aliphatic carbocycles. The molecule has 0 bridgehead atoms. The third kappa shape index (κ3) is 1.96. The van der Waals surface area contributed by atoms with Gasteiger partial charge in [-0.15, -0.1) is 0 Å². The molecule has 0 radical (unpaired) electrons. The molecule has 1 aliphatic rings. The Labute approximate surface area is 99.7 Å². The minimum absolute atomic E-state index is 0.0215. The summed E-state index contributed by atoms with van der Waals surface area (Å²) in [5.41, 5.74) is 2.03. The first-order valence-electron chi connectivity index (χ1n) is 5.72. The number of phenolic OH excluding ortho intramolecular Hbond substituents is 1. The van der Waals surface area contributed by atoms with E-state index in [0.29, 0.717) is 5.75 Å². The number of aryl methyl sites for hydroxylation is 1. The molecule has 1 atom stereocenters. The largest absolute Gasteiger partial charge is 0.508 e. The number of benzene rings is 1. The predicted octanol–water partition coefficient (Wildman–Crippen LogP) is 2.85. The van der Waals surface area contributed by atoms with Crippen molar-refractivity contribution < 1.29 is 9.84 Å². The molecule has 86 valence electrons. The lowest BCUT2D eigenvalue weighted by molar-refractivity contribution is 0.172. The predicted molar refractivity (Wildman–Crippen MR) is 64.0 cm³/mol. The summed E-state index contributed by atoms with van der Waals surface area (Å²) in [4.78, 5) is 4.32. The van der Waals surface area contributed by atoms with Crippen LogP contribution in [0.15, 0.2) is 42.6 Å². The fourth-order valence-electron chi connectivity index (χ4n) is 2.15. The van der Waals surface area contributed by atoms with Crippen LogP contribution in [0.1, 0.15) is 23.8 Å². The van der Waals surface area contributed by atoms with E-state index in [1.807, 2.05) is 24.3 Å². The van der Waals surface area contributed by atoms with Crippen molar-refractivity contribution in [2.24, 2.45) is 0 Å². The molecule has 17 heavy (non-hydrogen) atoms. The lowest BCUT2D eigenvalue weighted by atomic mass is 10.00. The minimum atomic E-state index is 0.0215. The zero-order valence-corrected chi connectivity index (χ0v) is 9.34. The molecule has 1 unspecified atom stereocenters. The molecule has 0 amide bonds. The summed E-state index contributed by atoms with van der Waals surface area (Å²) < 4.78 is 5.90. The molecule has 1 aromatic heterocycles. The van der Waals surface area contributed by atoms with Crippen LogP contribution >= 0.6 is 0 Å². The van der Waals surface area contributed by atoms with Crippen LogP contribution < -0.4 is 4.74 Å². The van der Waals surface area contributed by atoms with E-state index in [1.165, 1.54) is 0 Å². The van der Waals surface area contributed by atoms with E-state index < -0.39 is 0 Å². The highest BCUT2D eigenvalue weighted by molar-refractivity contribution is 5.41. The van der Waals surface area contributed by atoms with Crippen molar-refractivity contribution >= 4 is 0 Å². The van der Waals surface area contributed by atoms with Gasteiger partial charge in [0.05, 0.1) is 5.69 Å². The van der Waals surface area contributed by atoms with Gasteiger partial charge in [0.15, 0.2) is 0 Å². The number of aromatic nitrogens is 1. The number of ether oxygens (including phenoxy) is 1. The molecule has 3 nitrogen and oxygen atoms in total. The van der Waals surface area contributed by atoms with E-state index in [-0.39, 0.29) is 6.10 Å². The fourth-order valence-corrected chi connectivity index (χ4v) is 2.15. The molecule has 0 fully saturated rings. The maximum Gasteiger partial charge on any atom is 0.141 e. The molecule has 1 aliphatic heterocycles. The zero-order chi connectivity index (χ0) is 11.7. The fraction of sp³-hybridized carbons (Fsp3) is 0.214. The second-order valence-electron chi connectivity index (χ2n) is 4.19. The van der Waals surface area contributed by atoms with E-state index in [0.717, 1.165) is 29.8 Å². The SMILES string of the molecule is Oc1ccc2c(c1)CCC(c1ccccn1)O2. The summed E-state index contributed by atoms with van der Waals surface area (Å²) in [5, 5.41) is 9.40. The number of pyridine rings is 1. The number of phenols is 1. The van der Waals surface area contributed by atoms with Gasteiger partial charge in [0, 0.05) is 6.20 Å². The van der Waals surface area contributed by atoms with Gasteiger partial charge in [0.1, 0.15) is 17.6 Å². The van der Waals surface area contributed by atoms with Crippen LogP contribution in [0, 0.1) is 0 Å². The first-order valence-corrected chi connectivity index (χ1v) is 5.72. The summed E-state index contributed by atoms with van der Waals surface area (Å²) >= 11 is 0.